The number of rotatable bonds is 9. The minimum absolute atomic E-state index is 0.0412. The standard InChI is InChI=1S/C16H25ClN6OS/c1-10(2)8-19-14-12-9-20-23(6-5-18-13(24)7-17)15(12)22-16(21-14)25-11(3)4/h9-11H,5-8H2,1-4H3,(H,18,24)(H,19,21,22). The van der Waals surface area contributed by atoms with Crippen molar-refractivity contribution >= 4 is 46.1 Å². The largest absolute Gasteiger partial charge is 0.369 e. The zero-order valence-electron chi connectivity index (χ0n) is 15.0. The van der Waals surface area contributed by atoms with Crippen LogP contribution in [-0.4, -0.2) is 49.9 Å². The maximum atomic E-state index is 11.3. The molecule has 0 aliphatic rings. The Kier molecular flexibility index (Phi) is 7.31. The van der Waals surface area contributed by atoms with E-state index in [-0.39, 0.29) is 11.8 Å². The van der Waals surface area contributed by atoms with Crippen LogP contribution in [0.5, 0.6) is 0 Å². The van der Waals surface area contributed by atoms with E-state index < -0.39 is 0 Å². The van der Waals surface area contributed by atoms with Crippen molar-refractivity contribution < 1.29 is 4.79 Å². The van der Waals surface area contributed by atoms with Crippen molar-refractivity contribution in [2.24, 2.45) is 5.92 Å². The summed E-state index contributed by atoms with van der Waals surface area (Å²) in [6.45, 7) is 10.3. The SMILES string of the molecule is CC(C)CNc1nc(SC(C)C)nc2c1cnn2CCNC(=O)CCl. The highest BCUT2D eigenvalue weighted by atomic mass is 35.5. The normalized spacial score (nSPS) is 11.5. The Bertz CT molecular complexity index is 718. The summed E-state index contributed by atoms with van der Waals surface area (Å²) in [5.74, 6) is 1.08. The van der Waals surface area contributed by atoms with Crippen LogP contribution >= 0.6 is 23.4 Å². The van der Waals surface area contributed by atoms with Gasteiger partial charge < -0.3 is 10.6 Å². The van der Waals surface area contributed by atoms with Gasteiger partial charge in [-0.1, -0.05) is 39.5 Å². The summed E-state index contributed by atoms with van der Waals surface area (Å²) in [5.41, 5.74) is 0.768. The van der Waals surface area contributed by atoms with Crippen molar-refractivity contribution in [3.05, 3.63) is 6.20 Å². The third kappa shape index (κ3) is 5.74. The Morgan fingerprint density at radius 1 is 1.32 bits per heavy atom. The molecule has 0 radical (unpaired) electrons. The van der Waals surface area contributed by atoms with Gasteiger partial charge in [-0.2, -0.15) is 5.10 Å². The molecule has 0 atom stereocenters. The van der Waals surface area contributed by atoms with Gasteiger partial charge in [0.05, 0.1) is 18.1 Å². The molecule has 25 heavy (non-hydrogen) atoms. The molecule has 7 nitrogen and oxygen atoms in total. The minimum atomic E-state index is -0.192. The monoisotopic (exact) mass is 384 g/mol. The van der Waals surface area contributed by atoms with E-state index in [9.17, 15) is 4.79 Å². The van der Waals surface area contributed by atoms with Gasteiger partial charge in [-0.25, -0.2) is 14.6 Å². The lowest BCUT2D eigenvalue weighted by Crippen LogP contribution is -2.28. The van der Waals surface area contributed by atoms with Crippen molar-refractivity contribution in [3.8, 4) is 0 Å². The molecule has 2 rings (SSSR count). The molecule has 0 unspecified atom stereocenters. The number of fused-ring (bicyclic) bond motifs is 1. The number of carbonyl (C=O) groups is 1. The van der Waals surface area contributed by atoms with Gasteiger partial charge >= 0.3 is 0 Å². The highest BCUT2D eigenvalue weighted by molar-refractivity contribution is 7.99. The van der Waals surface area contributed by atoms with Crippen LogP contribution < -0.4 is 10.6 Å². The molecular formula is C16H25ClN6OS. The summed E-state index contributed by atoms with van der Waals surface area (Å²) in [6, 6.07) is 0. The van der Waals surface area contributed by atoms with Crippen molar-refractivity contribution in [3.63, 3.8) is 0 Å². The quantitative estimate of drug-likeness (QED) is 0.393. The van der Waals surface area contributed by atoms with Gasteiger partial charge in [0, 0.05) is 18.3 Å². The molecule has 2 heterocycles. The van der Waals surface area contributed by atoms with Gasteiger partial charge in [0.1, 0.15) is 11.7 Å². The molecule has 2 N–H and O–H groups in total. The maximum absolute atomic E-state index is 11.3. The van der Waals surface area contributed by atoms with Gasteiger partial charge in [-0.15, -0.1) is 11.6 Å². The summed E-state index contributed by atoms with van der Waals surface area (Å²) in [6.07, 6.45) is 1.77. The Labute approximate surface area is 157 Å². The summed E-state index contributed by atoms with van der Waals surface area (Å²) < 4.78 is 1.79. The fourth-order valence-corrected chi connectivity index (χ4v) is 2.95. The fraction of sp³-hybridized carbons (Fsp3) is 0.625. The van der Waals surface area contributed by atoms with Gasteiger partial charge in [-0.05, 0) is 5.92 Å². The second-order valence-electron chi connectivity index (χ2n) is 6.38. The number of carbonyl (C=O) groups excluding carboxylic acids is 1. The van der Waals surface area contributed by atoms with Crippen LogP contribution in [0.25, 0.3) is 11.0 Å². The summed E-state index contributed by atoms with van der Waals surface area (Å²) >= 11 is 7.11. The number of hydrogen-bond donors (Lipinski definition) is 2. The first-order chi connectivity index (χ1) is 11.9. The molecule has 0 bridgehead atoms. The number of nitrogens with zero attached hydrogens (tertiary/aromatic N) is 4. The lowest BCUT2D eigenvalue weighted by Gasteiger charge is -2.12. The zero-order chi connectivity index (χ0) is 18.4. The third-order valence-electron chi connectivity index (χ3n) is 3.26. The summed E-state index contributed by atoms with van der Waals surface area (Å²) in [7, 11) is 0. The number of nitrogens with one attached hydrogen (secondary N) is 2. The van der Waals surface area contributed by atoms with E-state index in [1.165, 1.54) is 0 Å². The Hall–Kier alpha value is -1.54. The van der Waals surface area contributed by atoms with E-state index in [0.717, 1.165) is 28.6 Å². The molecule has 9 heteroatoms. The third-order valence-corrected chi connectivity index (χ3v) is 4.37. The number of aromatic nitrogens is 4. The molecule has 0 aliphatic heterocycles. The topological polar surface area (TPSA) is 84.7 Å². The number of amides is 1. The summed E-state index contributed by atoms with van der Waals surface area (Å²) in [5, 5.41) is 12.5. The molecule has 0 saturated heterocycles. The molecule has 0 aliphatic carbocycles. The lowest BCUT2D eigenvalue weighted by molar-refractivity contribution is -0.118. The number of anilines is 1. The first kappa shape index (κ1) is 19.8. The van der Waals surface area contributed by atoms with Crippen LogP contribution in [0.1, 0.15) is 27.7 Å². The highest BCUT2D eigenvalue weighted by Gasteiger charge is 2.14. The number of alkyl halides is 1. The van der Waals surface area contributed by atoms with Gasteiger partial charge in [0.25, 0.3) is 0 Å². The average molecular weight is 385 g/mol. The van der Waals surface area contributed by atoms with Gasteiger partial charge in [0.15, 0.2) is 10.8 Å². The highest BCUT2D eigenvalue weighted by Crippen LogP contribution is 2.26. The Morgan fingerprint density at radius 3 is 2.72 bits per heavy atom. The van der Waals surface area contributed by atoms with Crippen LogP contribution in [-0.2, 0) is 11.3 Å². The van der Waals surface area contributed by atoms with E-state index >= 15 is 0 Å². The average Bonchev–Trinajstić information content (AvgIpc) is 2.95. The predicted molar refractivity (Wildman–Crippen MR) is 103 cm³/mol. The first-order valence-electron chi connectivity index (χ1n) is 8.37. The predicted octanol–water partition coefficient (Wildman–Crippen LogP) is 2.75. The van der Waals surface area contributed by atoms with E-state index in [1.54, 1.807) is 22.6 Å². The van der Waals surface area contributed by atoms with Crippen LogP contribution in [0.4, 0.5) is 5.82 Å². The zero-order valence-corrected chi connectivity index (χ0v) is 16.6. The molecule has 2 aromatic rings. The maximum Gasteiger partial charge on any atom is 0.234 e. The first-order valence-corrected chi connectivity index (χ1v) is 9.78. The number of halogens is 1. The molecule has 0 fully saturated rings. The molecule has 0 aromatic carbocycles. The van der Waals surface area contributed by atoms with Crippen LogP contribution in [0.15, 0.2) is 11.4 Å². The van der Waals surface area contributed by atoms with Gasteiger partial charge in [0.2, 0.25) is 5.91 Å². The van der Waals surface area contributed by atoms with E-state index in [2.05, 4.69) is 53.4 Å². The minimum Gasteiger partial charge on any atom is -0.369 e. The van der Waals surface area contributed by atoms with E-state index in [1.807, 2.05) is 0 Å². The smallest absolute Gasteiger partial charge is 0.234 e. The summed E-state index contributed by atoms with van der Waals surface area (Å²) in [4.78, 5) is 20.6. The molecule has 0 saturated carbocycles. The lowest BCUT2D eigenvalue weighted by atomic mass is 10.2. The van der Waals surface area contributed by atoms with Crippen LogP contribution in [0, 0.1) is 5.92 Å². The molecule has 2 aromatic heterocycles. The van der Waals surface area contributed by atoms with Crippen molar-refractivity contribution in [2.75, 3.05) is 24.3 Å². The van der Waals surface area contributed by atoms with Crippen molar-refractivity contribution in [2.45, 2.75) is 44.6 Å². The van der Waals surface area contributed by atoms with Gasteiger partial charge in [-0.3, -0.25) is 4.79 Å². The Morgan fingerprint density at radius 2 is 2.08 bits per heavy atom. The molecule has 0 spiro atoms. The molecular weight excluding hydrogens is 360 g/mol. The van der Waals surface area contributed by atoms with Crippen molar-refractivity contribution in [1.29, 1.82) is 0 Å². The van der Waals surface area contributed by atoms with Crippen LogP contribution in [0.2, 0.25) is 0 Å². The van der Waals surface area contributed by atoms with E-state index in [4.69, 9.17) is 11.6 Å². The molecule has 138 valence electrons. The fourth-order valence-electron chi connectivity index (χ4n) is 2.15. The Balaban J connectivity index is 2.27. The van der Waals surface area contributed by atoms with E-state index in [0.29, 0.717) is 24.3 Å². The molecule has 1 amide bonds. The second kappa shape index (κ2) is 9.24. The van der Waals surface area contributed by atoms with Crippen molar-refractivity contribution in [1.82, 2.24) is 25.1 Å². The van der Waals surface area contributed by atoms with Crippen LogP contribution in [0.3, 0.4) is 0 Å². The number of hydrogen-bond acceptors (Lipinski definition) is 6. The number of thioether (sulfide) groups is 1. The second-order valence-corrected chi connectivity index (χ2v) is 8.20.